The summed E-state index contributed by atoms with van der Waals surface area (Å²) < 4.78 is 29.7. The van der Waals surface area contributed by atoms with Crippen molar-refractivity contribution in [3.63, 3.8) is 0 Å². The van der Waals surface area contributed by atoms with Gasteiger partial charge in [-0.1, -0.05) is 37.6 Å². The van der Waals surface area contributed by atoms with E-state index >= 15 is 0 Å². The summed E-state index contributed by atoms with van der Waals surface area (Å²) in [6.07, 6.45) is 2.23. The molecule has 0 aliphatic carbocycles. The van der Waals surface area contributed by atoms with Gasteiger partial charge in [0, 0.05) is 23.7 Å². The zero-order valence-electron chi connectivity index (χ0n) is 17.1. The average Bonchev–Trinajstić information content (AvgIpc) is 3.12. The van der Waals surface area contributed by atoms with Crippen LogP contribution < -0.4 is 4.74 Å². The van der Waals surface area contributed by atoms with Gasteiger partial charge in [-0.25, -0.2) is 8.42 Å². The second-order valence-electron chi connectivity index (χ2n) is 7.49. The van der Waals surface area contributed by atoms with Crippen molar-refractivity contribution in [2.75, 3.05) is 18.1 Å². The van der Waals surface area contributed by atoms with Crippen molar-refractivity contribution in [1.29, 1.82) is 5.26 Å². The van der Waals surface area contributed by atoms with Crippen LogP contribution in [0.25, 0.3) is 0 Å². The van der Waals surface area contributed by atoms with E-state index in [0.29, 0.717) is 29.8 Å². The number of nitriles is 1. The molecule has 0 bridgehead atoms. The third kappa shape index (κ3) is 5.39. The van der Waals surface area contributed by atoms with Crippen molar-refractivity contribution >= 4 is 15.7 Å². The Kier molecular flexibility index (Phi) is 7.11. The van der Waals surface area contributed by atoms with Crippen LogP contribution >= 0.6 is 0 Å². The van der Waals surface area contributed by atoms with E-state index in [1.165, 1.54) is 0 Å². The monoisotopic (exact) mass is 426 g/mol. The highest BCUT2D eigenvalue weighted by Gasteiger charge is 2.34. The number of hydrogen-bond acceptors (Lipinski definition) is 5. The van der Waals surface area contributed by atoms with Gasteiger partial charge in [0.15, 0.2) is 9.84 Å². The van der Waals surface area contributed by atoms with Crippen molar-refractivity contribution in [3.05, 3.63) is 65.2 Å². The summed E-state index contributed by atoms with van der Waals surface area (Å²) in [5.41, 5.74) is 1.80. The van der Waals surface area contributed by atoms with Crippen molar-refractivity contribution in [2.45, 2.75) is 38.8 Å². The summed E-state index contributed by atoms with van der Waals surface area (Å²) in [7, 11) is -3.08. The number of ether oxygens (including phenoxy) is 1. The normalized spacial score (nSPS) is 17.3. The van der Waals surface area contributed by atoms with Crippen LogP contribution in [-0.2, 0) is 16.4 Å². The maximum absolute atomic E-state index is 13.2. The first kappa shape index (κ1) is 21.8. The zero-order valence-corrected chi connectivity index (χ0v) is 17.9. The first-order chi connectivity index (χ1) is 14.4. The van der Waals surface area contributed by atoms with Gasteiger partial charge in [0.1, 0.15) is 12.4 Å². The summed E-state index contributed by atoms with van der Waals surface area (Å²) >= 11 is 0. The van der Waals surface area contributed by atoms with E-state index in [1.54, 1.807) is 41.3 Å². The van der Waals surface area contributed by atoms with Crippen molar-refractivity contribution in [2.24, 2.45) is 0 Å². The van der Waals surface area contributed by atoms with Crippen LogP contribution in [0.15, 0.2) is 48.5 Å². The summed E-state index contributed by atoms with van der Waals surface area (Å²) in [4.78, 5) is 14.9. The molecule has 0 spiro atoms. The number of rotatable bonds is 8. The van der Waals surface area contributed by atoms with E-state index in [4.69, 9.17) is 4.74 Å². The van der Waals surface area contributed by atoms with Gasteiger partial charge in [-0.2, -0.15) is 5.26 Å². The Labute approximate surface area is 178 Å². The number of benzene rings is 2. The first-order valence-corrected chi connectivity index (χ1v) is 12.0. The maximum atomic E-state index is 13.2. The number of amides is 1. The second-order valence-corrected chi connectivity index (χ2v) is 9.72. The van der Waals surface area contributed by atoms with Gasteiger partial charge in [-0.05, 0) is 37.1 Å². The third-order valence-electron chi connectivity index (χ3n) is 5.28. The van der Waals surface area contributed by atoms with Crippen LogP contribution in [0.5, 0.6) is 5.75 Å². The molecular formula is C23H26N2O4S. The fraction of sp³-hybridized carbons (Fsp3) is 0.391. The van der Waals surface area contributed by atoms with Gasteiger partial charge in [0.2, 0.25) is 0 Å². The lowest BCUT2D eigenvalue weighted by atomic mass is 10.1. The Morgan fingerprint density at radius 3 is 2.73 bits per heavy atom. The van der Waals surface area contributed by atoms with Crippen LogP contribution in [0.3, 0.4) is 0 Å². The van der Waals surface area contributed by atoms with E-state index in [9.17, 15) is 18.5 Å². The molecule has 0 aromatic heterocycles. The smallest absolute Gasteiger partial charge is 0.254 e. The van der Waals surface area contributed by atoms with Gasteiger partial charge < -0.3 is 9.64 Å². The van der Waals surface area contributed by atoms with Crippen molar-refractivity contribution in [3.8, 4) is 11.8 Å². The molecule has 1 aliphatic heterocycles. The van der Waals surface area contributed by atoms with E-state index in [-0.39, 0.29) is 30.1 Å². The number of carbonyl (C=O) groups excluding carboxylic acids is 1. The highest BCUT2D eigenvalue weighted by Crippen LogP contribution is 2.23. The molecule has 2 aromatic carbocycles. The molecule has 1 saturated heterocycles. The summed E-state index contributed by atoms with van der Waals surface area (Å²) in [6, 6.07) is 16.0. The van der Waals surface area contributed by atoms with E-state index in [1.807, 2.05) is 19.1 Å². The van der Waals surface area contributed by atoms with E-state index in [0.717, 1.165) is 18.4 Å². The zero-order chi connectivity index (χ0) is 21.6. The first-order valence-electron chi connectivity index (χ1n) is 10.2. The lowest BCUT2D eigenvalue weighted by Gasteiger charge is -2.28. The molecule has 0 N–H and O–H groups in total. The molecule has 1 fully saturated rings. The molecule has 7 heteroatoms. The van der Waals surface area contributed by atoms with Gasteiger partial charge in [0.25, 0.3) is 5.91 Å². The van der Waals surface area contributed by atoms with Crippen LogP contribution in [0.2, 0.25) is 0 Å². The van der Waals surface area contributed by atoms with Gasteiger partial charge >= 0.3 is 0 Å². The second kappa shape index (κ2) is 9.77. The highest BCUT2D eigenvalue weighted by atomic mass is 32.2. The minimum atomic E-state index is -3.08. The largest absolute Gasteiger partial charge is 0.489 e. The molecule has 0 saturated carbocycles. The molecular weight excluding hydrogens is 400 g/mol. The van der Waals surface area contributed by atoms with E-state index in [2.05, 4.69) is 6.07 Å². The number of nitrogens with zero attached hydrogens (tertiary/aromatic N) is 2. The molecule has 158 valence electrons. The highest BCUT2D eigenvalue weighted by molar-refractivity contribution is 7.91. The topological polar surface area (TPSA) is 87.5 Å². The fourth-order valence-electron chi connectivity index (χ4n) is 3.60. The number of sulfone groups is 1. The fourth-order valence-corrected chi connectivity index (χ4v) is 5.33. The molecule has 30 heavy (non-hydrogen) atoms. The number of unbranched alkanes of at least 4 members (excludes halogenated alkanes) is 1. The van der Waals surface area contributed by atoms with Gasteiger partial charge in [-0.3, -0.25) is 4.79 Å². The minimum Gasteiger partial charge on any atom is -0.489 e. The van der Waals surface area contributed by atoms with E-state index < -0.39 is 9.84 Å². The molecule has 0 radical (unpaired) electrons. The molecule has 1 amide bonds. The maximum Gasteiger partial charge on any atom is 0.254 e. The summed E-state index contributed by atoms with van der Waals surface area (Å²) in [5, 5.41) is 9.21. The average molecular weight is 427 g/mol. The Bertz CT molecular complexity index is 1040. The quantitative estimate of drug-likeness (QED) is 0.644. The van der Waals surface area contributed by atoms with Crippen molar-refractivity contribution in [1.82, 2.24) is 4.90 Å². The summed E-state index contributed by atoms with van der Waals surface area (Å²) in [5.74, 6) is 0.523. The minimum absolute atomic E-state index is 0.0313. The Balaban J connectivity index is 1.75. The third-order valence-corrected chi connectivity index (χ3v) is 7.03. The molecule has 1 heterocycles. The van der Waals surface area contributed by atoms with Gasteiger partial charge in [-0.15, -0.1) is 0 Å². The van der Waals surface area contributed by atoms with Crippen LogP contribution in [0.1, 0.15) is 47.7 Å². The van der Waals surface area contributed by atoms with Crippen LogP contribution in [-0.4, -0.2) is 43.3 Å². The molecule has 6 nitrogen and oxygen atoms in total. The molecule has 2 aromatic rings. The van der Waals surface area contributed by atoms with Crippen molar-refractivity contribution < 1.29 is 17.9 Å². The lowest BCUT2D eigenvalue weighted by Crippen LogP contribution is -2.41. The number of carbonyl (C=O) groups is 1. The Morgan fingerprint density at radius 2 is 2.03 bits per heavy atom. The van der Waals surface area contributed by atoms with Gasteiger partial charge in [0.05, 0.1) is 23.1 Å². The summed E-state index contributed by atoms with van der Waals surface area (Å²) in [6.45, 7) is 2.81. The lowest BCUT2D eigenvalue weighted by molar-refractivity contribution is 0.0693. The van der Waals surface area contributed by atoms with Crippen LogP contribution in [0.4, 0.5) is 0 Å². The number of hydrogen-bond donors (Lipinski definition) is 0. The van der Waals surface area contributed by atoms with Crippen LogP contribution in [0, 0.1) is 11.3 Å². The molecule has 3 rings (SSSR count). The molecule has 1 aliphatic rings. The SMILES string of the molecule is CCCCN(C(=O)c1cccc(OCc2ccccc2C#N)c1)C1CCS(=O)(=O)C1. The predicted octanol–water partition coefficient (Wildman–Crippen LogP) is 3.57. The standard InChI is InChI=1S/C23H26N2O4S/c1-2-3-12-25(21-11-13-30(27,28)17-21)23(26)18-9-6-10-22(14-18)29-16-20-8-5-4-7-19(20)15-24/h4-10,14,21H,2-3,11-13,16-17H2,1H3. The molecule has 1 unspecified atom stereocenters. The molecule has 1 atom stereocenters. The Morgan fingerprint density at radius 1 is 1.23 bits per heavy atom. The Hall–Kier alpha value is -2.85. The predicted molar refractivity (Wildman–Crippen MR) is 115 cm³/mol.